The first-order valence-electron chi connectivity index (χ1n) is 5.87. The third-order valence-electron chi connectivity index (χ3n) is 3.13. The maximum atomic E-state index is 3.53. The van der Waals surface area contributed by atoms with Gasteiger partial charge in [-0.05, 0) is 44.5 Å². The van der Waals surface area contributed by atoms with E-state index in [0.717, 1.165) is 11.3 Å². The van der Waals surface area contributed by atoms with Crippen molar-refractivity contribution in [3.63, 3.8) is 0 Å². The highest BCUT2D eigenvalue weighted by Crippen LogP contribution is 2.34. The molecule has 0 radical (unpaired) electrons. The van der Waals surface area contributed by atoms with Crippen LogP contribution < -0.4 is 5.32 Å². The highest BCUT2D eigenvalue weighted by molar-refractivity contribution is 9.10. The first-order valence-corrected chi connectivity index (χ1v) is 7.54. The van der Waals surface area contributed by atoms with Crippen molar-refractivity contribution in [1.29, 1.82) is 0 Å². The van der Waals surface area contributed by atoms with Crippen LogP contribution in [0.2, 0.25) is 0 Å². The monoisotopic (exact) mass is 299 g/mol. The molecule has 0 saturated heterocycles. The van der Waals surface area contributed by atoms with Gasteiger partial charge in [-0.3, -0.25) is 0 Å². The van der Waals surface area contributed by atoms with Crippen LogP contribution in [0, 0.1) is 0 Å². The molecule has 0 bridgehead atoms. The lowest BCUT2D eigenvalue weighted by molar-refractivity contribution is 0.402. The SMILES string of the molecule is CNC1CCCC(Sc2cccc(Br)c2)C1. The Labute approximate surface area is 111 Å². The average molecular weight is 300 g/mol. The number of thioether (sulfide) groups is 1. The second-order valence-electron chi connectivity index (χ2n) is 4.35. The van der Waals surface area contributed by atoms with Crippen LogP contribution >= 0.6 is 27.7 Å². The van der Waals surface area contributed by atoms with Crippen molar-refractivity contribution in [3.05, 3.63) is 28.7 Å². The molecule has 1 fully saturated rings. The molecule has 88 valence electrons. The lowest BCUT2D eigenvalue weighted by atomic mass is 9.95. The Morgan fingerprint density at radius 2 is 2.25 bits per heavy atom. The van der Waals surface area contributed by atoms with Gasteiger partial charge in [0.15, 0.2) is 0 Å². The molecule has 0 amide bonds. The molecule has 2 rings (SSSR count). The largest absolute Gasteiger partial charge is 0.317 e. The van der Waals surface area contributed by atoms with Crippen molar-refractivity contribution in [2.24, 2.45) is 0 Å². The molecule has 16 heavy (non-hydrogen) atoms. The lowest BCUT2D eigenvalue weighted by Crippen LogP contribution is -2.32. The van der Waals surface area contributed by atoms with E-state index in [4.69, 9.17) is 0 Å². The second kappa shape index (κ2) is 6.08. The molecule has 0 heterocycles. The smallest absolute Gasteiger partial charge is 0.0186 e. The summed E-state index contributed by atoms with van der Waals surface area (Å²) in [6, 6.07) is 9.34. The van der Waals surface area contributed by atoms with E-state index in [9.17, 15) is 0 Å². The Kier molecular flexibility index (Phi) is 4.74. The Bertz CT molecular complexity index is 342. The molecule has 1 aliphatic rings. The summed E-state index contributed by atoms with van der Waals surface area (Å²) < 4.78 is 1.18. The van der Waals surface area contributed by atoms with E-state index in [0.29, 0.717) is 0 Å². The molecule has 1 nitrogen and oxygen atoms in total. The fourth-order valence-corrected chi connectivity index (χ4v) is 4.15. The highest BCUT2D eigenvalue weighted by Gasteiger charge is 2.21. The van der Waals surface area contributed by atoms with Crippen molar-refractivity contribution in [2.45, 2.75) is 41.9 Å². The van der Waals surface area contributed by atoms with Crippen LogP contribution in [-0.4, -0.2) is 18.3 Å². The van der Waals surface area contributed by atoms with Crippen LogP contribution in [0.5, 0.6) is 0 Å². The summed E-state index contributed by atoms with van der Waals surface area (Å²) in [6.07, 6.45) is 5.35. The molecule has 1 saturated carbocycles. The zero-order chi connectivity index (χ0) is 11.4. The van der Waals surface area contributed by atoms with E-state index in [1.165, 1.54) is 35.1 Å². The van der Waals surface area contributed by atoms with Gasteiger partial charge < -0.3 is 5.32 Å². The maximum Gasteiger partial charge on any atom is 0.0186 e. The summed E-state index contributed by atoms with van der Waals surface area (Å²) in [7, 11) is 2.08. The Hall–Kier alpha value is 0.01000. The van der Waals surface area contributed by atoms with E-state index in [1.54, 1.807) is 0 Å². The minimum absolute atomic E-state index is 0.721. The minimum atomic E-state index is 0.721. The van der Waals surface area contributed by atoms with Gasteiger partial charge in [0.2, 0.25) is 0 Å². The van der Waals surface area contributed by atoms with E-state index < -0.39 is 0 Å². The maximum absolute atomic E-state index is 3.53. The van der Waals surface area contributed by atoms with Crippen molar-refractivity contribution >= 4 is 27.7 Å². The predicted molar refractivity (Wildman–Crippen MR) is 75.1 cm³/mol. The van der Waals surface area contributed by atoms with Gasteiger partial charge in [-0.25, -0.2) is 0 Å². The third-order valence-corrected chi connectivity index (χ3v) is 4.91. The number of halogens is 1. The standard InChI is InChI=1S/C13H18BrNS/c1-15-11-5-3-7-13(9-11)16-12-6-2-4-10(14)8-12/h2,4,6,8,11,13,15H,3,5,7,9H2,1H3. The van der Waals surface area contributed by atoms with Crippen LogP contribution in [0.4, 0.5) is 0 Å². The zero-order valence-corrected chi connectivity index (χ0v) is 12.0. The van der Waals surface area contributed by atoms with E-state index in [1.807, 2.05) is 11.8 Å². The van der Waals surface area contributed by atoms with Crippen molar-refractivity contribution in [2.75, 3.05) is 7.05 Å². The van der Waals surface area contributed by atoms with Gasteiger partial charge in [0.25, 0.3) is 0 Å². The number of hydrogen-bond acceptors (Lipinski definition) is 2. The van der Waals surface area contributed by atoms with Gasteiger partial charge in [-0.2, -0.15) is 0 Å². The summed E-state index contributed by atoms with van der Waals surface area (Å²) in [4.78, 5) is 1.39. The topological polar surface area (TPSA) is 12.0 Å². The molecule has 0 aliphatic heterocycles. The fraction of sp³-hybridized carbons (Fsp3) is 0.538. The van der Waals surface area contributed by atoms with Gasteiger partial charge in [0.05, 0.1) is 0 Å². The quantitative estimate of drug-likeness (QED) is 0.903. The molecular formula is C13H18BrNS. The molecular weight excluding hydrogens is 282 g/mol. The molecule has 1 aromatic carbocycles. The molecule has 2 atom stereocenters. The number of rotatable bonds is 3. The van der Waals surface area contributed by atoms with E-state index in [2.05, 4.69) is 52.6 Å². The summed E-state index contributed by atoms with van der Waals surface area (Å²) >= 11 is 5.55. The lowest BCUT2D eigenvalue weighted by Gasteiger charge is -2.28. The van der Waals surface area contributed by atoms with Crippen LogP contribution in [-0.2, 0) is 0 Å². The fourth-order valence-electron chi connectivity index (χ4n) is 2.25. The van der Waals surface area contributed by atoms with Crippen LogP contribution in [0.15, 0.2) is 33.6 Å². The van der Waals surface area contributed by atoms with E-state index >= 15 is 0 Å². The Balaban J connectivity index is 1.94. The molecule has 1 N–H and O–H groups in total. The van der Waals surface area contributed by atoms with Crippen LogP contribution in [0.3, 0.4) is 0 Å². The molecule has 2 unspecified atom stereocenters. The molecule has 0 spiro atoms. The first-order chi connectivity index (χ1) is 7.78. The van der Waals surface area contributed by atoms with Crippen LogP contribution in [0.25, 0.3) is 0 Å². The summed E-state index contributed by atoms with van der Waals surface area (Å²) in [6.45, 7) is 0. The van der Waals surface area contributed by atoms with E-state index in [-0.39, 0.29) is 0 Å². The summed E-state index contributed by atoms with van der Waals surface area (Å²) in [5.74, 6) is 0. The highest BCUT2D eigenvalue weighted by atomic mass is 79.9. The zero-order valence-electron chi connectivity index (χ0n) is 9.58. The number of hydrogen-bond donors (Lipinski definition) is 1. The molecule has 0 aromatic heterocycles. The number of benzene rings is 1. The van der Waals surface area contributed by atoms with Gasteiger partial charge in [-0.1, -0.05) is 28.4 Å². The van der Waals surface area contributed by atoms with Gasteiger partial charge in [0, 0.05) is 20.7 Å². The van der Waals surface area contributed by atoms with Gasteiger partial charge >= 0.3 is 0 Å². The Morgan fingerprint density at radius 1 is 1.38 bits per heavy atom. The second-order valence-corrected chi connectivity index (χ2v) is 6.64. The normalized spacial score (nSPS) is 25.6. The Morgan fingerprint density at radius 3 is 3.00 bits per heavy atom. The van der Waals surface area contributed by atoms with Gasteiger partial charge in [0.1, 0.15) is 0 Å². The van der Waals surface area contributed by atoms with Crippen molar-refractivity contribution in [3.8, 4) is 0 Å². The summed E-state index contributed by atoms with van der Waals surface area (Å²) in [5, 5.41) is 4.19. The molecule has 1 aliphatic carbocycles. The van der Waals surface area contributed by atoms with Gasteiger partial charge in [-0.15, -0.1) is 11.8 Å². The van der Waals surface area contributed by atoms with Crippen molar-refractivity contribution in [1.82, 2.24) is 5.32 Å². The van der Waals surface area contributed by atoms with Crippen molar-refractivity contribution < 1.29 is 0 Å². The molecule has 1 aromatic rings. The first kappa shape index (κ1) is 12.5. The average Bonchev–Trinajstić information content (AvgIpc) is 2.29. The molecule has 3 heteroatoms. The minimum Gasteiger partial charge on any atom is -0.317 e. The third kappa shape index (κ3) is 3.51. The number of nitrogens with one attached hydrogen (secondary N) is 1. The van der Waals surface area contributed by atoms with Crippen LogP contribution in [0.1, 0.15) is 25.7 Å². The predicted octanol–water partition coefficient (Wildman–Crippen LogP) is 4.07. The summed E-state index contributed by atoms with van der Waals surface area (Å²) in [5.41, 5.74) is 0.